The van der Waals surface area contributed by atoms with Crippen molar-refractivity contribution >= 4 is 17.3 Å². The number of halogens is 3. The molecule has 4 nitrogen and oxygen atoms in total. The van der Waals surface area contributed by atoms with Crippen LogP contribution in [0.25, 0.3) is 11.1 Å². The van der Waals surface area contributed by atoms with Gasteiger partial charge in [-0.15, -0.1) is 0 Å². The van der Waals surface area contributed by atoms with Crippen molar-refractivity contribution in [3.63, 3.8) is 0 Å². The highest BCUT2D eigenvalue weighted by atomic mass is 19.4. The van der Waals surface area contributed by atoms with Crippen LogP contribution >= 0.6 is 0 Å². The average Bonchev–Trinajstić information content (AvgIpc) is 2.89. The lowest BCUT2D eigenvalue weighted by Crippen LogP contribution is -2.28. The number of benzene rings is 3. The number of anilines is 2. The number of nitrogens with zero attached hydrogens (tertiary/aromatic N) is 2. The van der Waals surface area contributed by atoms with Gasteiger partial charge in [-0.3, -0.25) is 9.78 Å². The molecule has 0 radical (unpaired) electrons. The number of amides is 1. The van der Waals surface area contributed by atoms with Crippen molar-refractivity contribution < 1.29 is 18.0 Å². The fourth-order valence-electron chi connectivity index (χ4n) is 4.72. The summed E-state index contributed by atoms with van der Waals surface area (Å²) in [6, 6.07) is 23.7. The number of hydrogen-bond acceptors (Lipinski definition) is 3. The second kappa shape index (κ2) is 9.15. The standard InChI is InChI=1S/C29H24F3N3O/c1-18(26-9-5-6-16-33-26)34-28(36)20-10-15-27-25(17-20)24-8-4-3-7-23(24)19(2)35(27)22-13-11-21(12-14-22)29(30,31)32/h3-19H,1-2H3,(H,34,36)/t18-,19?/m0/s1. The Bertz CT molecular complexity index is 1400. The van der Waals surface area contributed by atoms with Crippen molar-refractivity contribution in [3.05, 3.63) is 114 Å². The van der Waals surface area contributed by atoms with E-state index in [9.17, 15) is 18.0 Å². The summed E-state index contributed by atoms with van der Waals surface area (Å²) in [7, 11) is 0. The summed E-state index contributed by atoms with van der Waals surface area (Å²) in [6.07, 6.45) is -2.71. The van der Waals surface area contributed by atoms with Gasteiger partial charge in [-0.1, -0.05) is 30.3 Å². The van der Waals surface area contributed by atoms with E-state index in [0.29, 0.717) is 11.3 Å². The summed E-state index contributed by atoms with van der Waals surface area (Å²) in [5, 5.41) is 2.99. The third kappa shape index (κ3) is 4.33. The molecule has 36 heavy (non-hydrogen) atoms. The van der Waals surface area contributed by atoms with E-state index in [0.717, 1.165) is 40.2 Å². The Morgan fingerprint density at radius 3 is 2.36 bits per heavy atom. The number of hydrogen-bond donors (Lipinski definition) is 1. The van der Waals surface area contributed by atoms with Crippen LogP contribution in [0.3, 0.4) is 0 Å². The molecule has 0 aliphatic carbocycles. The Morgan fingerprint density at radius 2 is 1.67 bits per heavy atom. The molecule has 2 atom stereocenters. The predicted octanol–water partition coefficient (Wildman–Crippen LogP) is 7.47. The first-order chi connectivity index (χ1) is 17.2. The van der Waals surface area contributed by atoms with E-state index in [1.807, 2.05) is 73.3 Å². The molecule has 1 N–H and O–H groups in total. The van der Waals surface area contributed by atoms with Crippen LogP contribution in [0.5, 0.6) is 0 Å². The van der Waals surface area contributed by atoms with E-state index in [4.69, 9.17) is 0 Å². The van der Waals surface area contributed by atoms with Gasteiger partial charge >= 0.3 is 6.18 Å². The SMILES string of the molecule is CC1c2ccccc2-c2cc(C(=O)N[C@@H](C)c3ccccn3)ccc2N1c1ccc(C(F)(F)F)cc1. The Balaban J connectivity index is 1.53. The van der Waals surface area contributed by atoms with Crippen LogP contribution in [0.1, 0.15) is 53.1 Å². The normalized spacial score (nSPS) is 15.6. The first-order valence-corrected chi connectivity index (χ1v) is 11.7. The first-order valence-electron chi connectivity index (χ1n) is 11.7. The highest BCUT2D eigenvalue weighted by Crippen LogP contribution is 2.48. The number of carbonyl (C=O) groups excluding carboxylic acids is 1. The molecule has 0 fully saturated rings. The second-order valence-electron chi connectivity index (χ2n) is 8.86. The minimum atomic E-state index is -4.40. The quantitative estimate of drug-likeness (QED) is 0.325. The minimum Gasteiger partial charge on any atom is -0.344 e. The van der Waals surface area contributed by atoms with Gasteiger partial charge in [0.05, 0.1) is 23.3 Å². The molecule has 182 valence electrons. The van der Waals surface area contributed by atoms with E-state index >= 15 is 0 Å². The van der Waals surface area contributed by atoms with Gasteiger partial charge in [0.15, 0.2) is 0 Å². The molecule has 0 bridgehead atoms. The van der Waals surface area contributed by atoms with Crippen LogP contribution < -0.4 is 10.2 Å². The molecule has 1 unspecified atom stereocenters. The molecule has 3 aromatic carbocycles. The Labute approximate surface area is 207 Å². The largest absolute Gasteiger partial charge is 0.416 e. The molecule has 1 aliphatic rings. The summed E-state index contributed by atoms with van der Waals surface area (Å²) in [6.45, 7) is 3.90. The highest BCUT2D eigenvalue weighted by molar-refractivity contribution is 5.99. The highest BCUT2D eigenvalue weighted by Gasteiger charge is 2.32. The van der Waals surface area contributed by atoms with Crippen LogP contribution in [0.2, 0.25) is 0 Å². The smallest absolute Gasteiger partial charge is 0.344 e. The maximum absolute atomic E-state index is 13.1. The van der Waals surface area contributed by atoms with Crippen molar-refractivity contribution in [2.45, 2.75) is 32.1 Å². The van der Waals surface area contributed by atoms with Gasteiger partial charge in [-0.05, 0) is 79.6 Å². The van der Waals surface area contributed by atoms with E-state index in [1.54, 1.807) is 12.3 Å². The summed E-state index contributed by atoms with van der Waals surface area (Å²) < 4.78 is 39.4. The van der Waals surface area contributed by atoms with E-state index in [-0.39, 0.29) is 18.0 Å². The van der Waals surface area contributed by atoms with Gasteiger partial charge in [-0.2, -0.15) is 13.2 Å². The predicted molar refractivity (Wildman–Crippen MR) is 134 cm³/mol. The van der Waals surface area contributed by atoms with Crippen LogP contribution in [-0.2, 0) is 6.18 Å². The number of carbonyl (C=O) groups is 1. The topological polar surface area (TPSA) is 45.2 Å². The van der Waals surface area contributed by atoms with Crippen LogP contribution in [0.15, 0.2) is 91.1 Å². The maximum Gasteiger partial charge on any atom is 0.416 e. The molecule has 4 aromatic rings. The van der Waals surface area contributed by atoms with Gasteiger partial charge in [0.1, 0.15) is 0 Å². The van der Waals surface area contributed by atoms with Crippen molar-refractivity contribution in [1.82, 2.24) is 10.3 Å². The van der Waals surface area contributed by atoms with Crippen molar-refractivity contribution in [2.24, 2.45) is 0 Å². The van der Waals surface area contributed by atoms with Crippen LogP contribution in [0, 0.1) is 0 Å². The van der Waals surface area contributed by atoms with Gasteiger partial charge in [0.25, 0.3) is 5.91 Å². The number of fused-ring (bicyclic) bond motifs is 3. The zero-order valence-corrected chi connectivity index (χ0v) is 19.8. The van der Waals surface area contributed by atoms with Gasteiger partial charge in [0, 0.05) is 28.7 Å². The molecule has 1 aliphatic heterocycles. The Hall–Kier alpha value is -4.13. The third-order valence-corrected chi connectivity index (χ3v) is 6.56. The number of aromatic nitrogens is 1. The summed E-state index contributed by atoms with van der Waals surface area (Å²) in [5.41, 5.74) is 4.92. The van der Waals surface area contributed by atoms with Gasteiger partial charge < -0.3 is 10.2 Å². The van der Waals surface area contributed by atoms with Gasteiger partial charge in [0.2, 0.25) is 0 Å². The molecule has 7 heteroatoms. The summed E-state index contributed by atoms with van der Waals surface area (Å²) >= 11 is 0. The van der Waals surface area contributed by atoms with Crippen molar-refractivity contribution in [3.8, 4) is 11.1 Å². The number of nitrogens with one attached hydrogen (secondary N) is 1. The molecule has 2 heterocycles. The lowest BCUT2D eigenvalue weighted by atomic mass is 9.87. The number of alkyl halides is 3. The molecule has 1 aromatic heterocycles. The fourth-order valence-corrected chi connectivity index (χ4v) is 4.72. The summed E-state index contributed by atoms with van der Waals surface area (Å²) in [5.74, 6) is -0.229. The summed E-state index contributed by atoms with van der Waals surface area (Å²) in [4.78, 5) is 19.4. The Morgan fingerprint density at radius 1 is 0.944 bits per heavy atom. The third-order valence-electron chi connectivity index (χ3n) is 6.56. The van der Waals surface area contributed by atoms with Crippen LogP contribution in [-0.4, -0.2) is 10.9 Å². The molecular weight excluding hydrogens is 463 g/mol. The molecule has 1 amide bonds. The number of rotatable bonds is 4. The fraction of sp³-hybridized carbons (Fsp3) is 0.172. The first kappa shape index (κ1) is 23.6. The van der Waals surface area contributed by atoms with Crippen molar-refractivity contribution in [1.29, 1.82) is 0 Å². The van der Waals surface area contributed by atoms with Crippen LogP contribution in [0.4, 0.5) is 24.5 Å². The zero-order valence-electron chi connectivity index (χ0n) is 19.8. The monoisotopic (exact) mass is 487 g/mol. The molecular formula is C29H24F3N3O. The molecule has 5 rings (SSSR count). The van der Waals surface area contributed by atoms with E-state index in [2.05, 4.69) is 10.3 Å². The van der Waals surface area contributed by atoms with E-state index < -0.39 is 11.7 Å². The van der Waals surface area contributed by atoms with Gasteiger partial charge in [-0.25, -0.2) is 0 Å². The minimum absolute atomic E-state index is 0.116. The molecule has 0 saturated heterocycles. The lowest BCUT2D eigenvalue weighted by molar-refractivity contribution is -0.137. The zero-order chi connectivity index (χ0) is 25.4. The molecule has 0 spiro atoms. The second-order valence-corrected chi connectivity index (χ2v) is 8.86. The lowest BCUT2D eigenvalue weighted by Gasteiger charge is -2.39. The number of pyridine rings is 1. The maximum atomic E-state index is 13.1. The average molecular weight is 488 g/mol. The van der Waals surface area contributed by atoms with Crippen molar-refractivity contribution in [2.75, 3.05) is 4.90 Å². The molecule has 0 saturated carbocycles. The Kier molecular flexibility index (Phi) is 6.00. The van der Waals surface area contributed by atoms with E-state index in [1.165, 1.54) is 12.1 Å².